The molecule has 0 saturated heterocycles. The molecule has 0 amide bonds. The van der Waals surface area contributed by atoms with Crippen molar-refractivity contribution < 1.29 is 0 Å². The summed E-state index contributed by atoms with van der Waals surface area (Å²) in [4.78, 5) is 0. The van der Waals surface area contributed by atoms with Crippen molar-refractivity contribution in [3.8, 4) is 6.07 Å². The Hall–Kier alpha value is -0.260. The Morgan fingerprint density at radius 1 is 2.00 bits per heavy atom. The zero-order valence-electron chi connectivity index (χ0n) is 2.48. The molecule has 28 valence electrons. The SMILES string of the molecule is N#CC(N)Cl. The fourth-order valence-electron chi connectivity index (χ4n) is 0. The van der Waals surface area contributed by atoms with Gasteiger partial charge in [0.15, 0.2) is 5.50 Å². The molecule has 0 rings (SSSR count). The first kappa shape index (κ1) is 4.74. The summed E-state index contributed by atoms with van der Waals surface area (Å²) in [6, 6.07) is 1.57. The average Bonchev–Trinajstić information content (AvgIpc) is 1.38. The molecule has 0 spiro atoms. The Morgan fingerprint density at radius 3 is 2.20 bits per heavy atom. The quantitative estimate of drug-likeness (QED) is 0.337. The zero-order valence-corrected chi connectivity index (χ0v) is 3.24. The van der Waals surface area contributed by atoms with Gasteiger partial charge in [-0.2, -0.15) is 5.26 Å². The van der Waals surface area contributed by atoms with Crippen LogP contribution in [0, 0.1) is 11.3 Å². The van der Waals surface area contributed by atoms with Gasteiger partial charge in [-0.25, -0.2) is 0 Å². The normalized spacial score (nSPS) is 13.0. The van der Waals surface area contributed by atoms with Crippen LogP contribution in [-0.4, -0.2) is 5.50 Å². The van der Waals surface area contributed by atoms with E-state index in [9.17, 15) is 0 Å². The van der Waals surface area contributed by atoms with Crippen LogP contribution >= 0.6 is 11.6 Å². The molecule has 0 fully saturated rings. The monoisotopic (exact) mass is 90.0 g/mol. The summed E-state index contributed by atoms with van der Waals surface area (Å²) in [5.41, 5.74) is 3.86. The number of nitrogens with zero attached hydrogens (tertiary/aromatic N) is 1. The van der Waals surface area contributed by atoms with Crippen molar-refractivity contribution in [2.24, 2.45) is 5.73 Å². The summed E-state index contributed by atoms with van der Waals surface area (Å²) in [7, 11) is 0. The molecule has 1 atom stereocenters. The Labute approximate surface area is 35.1 Å². The van der Waals surface area contributed by atoms with E-state index in [4.69, 9.17) is 22.6 Å². The van der Waals surface area contributed by atoms with Crippen molar-refractivity contribution in [1.82, 2.24) is 0 Å². The van der Waals surface area contributed by atoms with Crippen LogP contribution in [0.1, 0.15) is 0 Å². The summed E-state index contributed by atoms with van der Waals surface area (Å²) in [5.74, 6) is 0. The number of hydrogen-bond donors (Lipinski definition) is 1. The third kappa shape index (κ3) is 3.74. The number of nitrogens with two attached hydrogens (primary N) is 1. The molecule has 1 unspecified atom stereocenters. The molecule has 3 heteroatoms. The Bertz CT molecular complexity index is 53.2. The van der Waals surface area contributed by atoms with Gasteiger partial charge in [-0.15, -0.1) is 0 Å². The van der Waals surface area contributed by atoms with Crippen LogP contribution in [-0.2, 0) is 0 Å². The largest absolute Gasteiger partial charge is 0.303 e. The molecule has 2 N–H and O–H groups in total. The predicted molar refractivity (Wildman–Crippen MR) is 19.4 cm³/mol. The highest BCUT2D eigenvalue weighted by Crippen LogP contribution is 1.75. The van der Waals surface area contributed by atoms with Gasteiger partial charge in [0.2, 0.25) is 0 Å². The van der Waals surface area contributed by atoms with Gasteiger partial charge in [0.05, 0.1) is 6.07 Å². The van der Waals surface area contributed by atoms with E-state index in [0.29, 0.717) is 0 Å². The average molecular weight is 90.5 g/mol. The summed E-state index contributed by atoms with van der Waals surface area (Å²) >= 11 is 4.88. The summed E-state index contributed by atoms with van der Waals surface area (Å²) in [5, 5.41) is 7.64. The fraction of sp³-hybridized carbons (Fsp3) is 0.500. The summed E-state index contributed by atoms with van der Waals surface area (Å²) in [6.45, 7) is 0. The Morgan fingerprint density at radius 2 is 2.20 bits per heavy atom. The van der Waals surface area contributed by atoms with Gasteiger partial charge in [0.1, 0.15) is 0 Å². The lowest BCUT2D eigenvalue weighted by Crippen LogP contribution is -2.06. The van der Waals surface area contributed by atoms with Gasteiger partial charge in [0, 0.05) is 0 Å². The summed E-state index contributed by atoms with van der Waals surface area (Å²) < 4.78 is 0. The van der Waals surface area contributed by atoms with Gasteiger partial charge in [-0.3, -0.25) is 0 Å². The zero-order chi connectivity index (χ0) is 4.28. The van der Waals surface area contributed by atoms with Crippen molar-refractivity contribution >= 4 is 11.6 Å². The molecule has 0 aliphatic carbocycles. The summed E-state index contributed by atoms with van der Waals surface area (Å²) in [6.07, 6.45) is 0. The Kier molecular flexibility index (Phi) is 1.90. The molecule has 0 aromatic rings. The van der Waals surface area contributed by atoms with E-state index in [2.05, 4.69) is 0 Å². The maximum atomic E-state index is 7.64. The number of hydrogen-bond acceptors (Lipinski definition) is 2. The first-order valence-corrected chi connectivity index (χ1v) is 1.50. The second-order valence-electron chi connectivity index (χ2n) is 0.531. The minimum atomic E-state index is -0.838. The molecule has 0 aliphatic heterocycles. The van der Waals surface area contributed by atoms with E-state index in [0.717, 1.165) is 0 Å². The maximum absolute atomic E-state index is 7.64. The molecule has 0 heterocycles. The Balaban J connectivity index is 2.94. The van der Waals surface area contributed by atoms with Gasteiger partial charge in [-0.05, 0) is 0 Å². The second kappa shape index (κ2) is 2.01. The third-order valence-corrected chi connectivity index (χ3v) is 0.221. The van der Waals surface area contributed by atoms with Gasteiger partial charge < -0.3 is 5.73 Å². The van der Waals surface area contributed by atoms with Crippen LogP contribution in [0.2, 0.25) is 0 Å². The van der Waals surface area contributed by atoms with Gasteiger partial charge in [0.25, 0.3) is 0 Å². The number of rotatable bonds is 0. The maximum Gasteiger partial charge on any atom is 0.168 e. The van der Waals surface area contributed by atoms with E-state index in [1.807, 2.05) is 0 Å². The highest BCUT2D eigenvalue weighted by molar-refractivity contribution is 6.21. The molecule has 2 nitrogen and oxygen atoms in total. The van der Waals surface area contributed by atoms with Gasteiger partial charge in [-0.1, -0.05) is 11.6 Å². The van der Waals surface area contributed by atoms with E-state index >= 15 is 0 Å². The van der Waals surface area contributed by atoms with Crippen molar-refractivity contribution in [2.45, 2.75) is 5.50 Å². The second-order valence-corrected chi connectivity index (χ2v) is 1.00. The number of alkyl halides is 1. The molecular weight excluding hydrogens is 87.5 g/mol. The topological polar surface area (TPSA) is 49.8 Å². The van der Waals surface area contributed by atoms with Crippen molar-refractivity contribution in [2.75, 3.05) is 0 Å². The van der Waals surface area contributed by atoms with Crippen molar-refractivity contribution in [3.05, 3.63) is 0 Å². The molecule has 0 radical (unpaired) electrons. The van der Waals surface area contributed by atoms with Crippen molar-refractivity contribution in [3.63, 3.8) is 0 Å². The minimum Gasteiger partial charge on any atom is -0.303 e. The van der Waals surface area contributed by atoms with Crippen molar-refractivity contribution in [1.29, 1.82) is 5.26 Å². The first-order valence-electron chi connectivity index (χ1n) is 1.06. The van der Waals surface area contributed by atoms with Crippen LogP contribution < -0.4 is 5.73 Å². The van der Waals surface area contributed by atoms with Crippen LogP contribution in [0.25, 0.3) is 0 Å². The fourth-order valence-corrected chi connectivity index (χ4v) is 0. The molecular formula is C2H3ClN2. The van der Waals surface area contributed by atoms with Crippen LogP contribution in [0.4, 0.5) is 0 Å². The minimum absolute atomic E-state index is 0.838. The smallest absolute Gasteiger partial charge is 0.168 e. The lowest BCUT2D eigenvalue weighted by molar-refractivity contribution is 1.15. The van der Waals surface area contributed by atoms with E-state index in [1.165, 1.54) is 0 Å². The molecule has 0 aromatic heterocycles. The van der Waals surface area contributed by atoms with Crippen LogP contribution in [0.3, 0.4) is 0 Å². The molecule has 0 aromatic carbocycles. The third-order valence-electron chi connectivity index (χ3n) is 0.123. The first-order chi connectivity index (χ1) is 2.27. The number of halogens is 1. The lowest BCUT2D eigenvalue weighted by Gasteiger charge is -1.74. The lowest BCUT2D eigenvalue weighted by atomic mass is 10.8. The molecule has 0 saturated carbocycles. The molecule has 0 bridgehead atoms. The highest BCUT2D eigenvalue weighted by atomic mass is 35.5. The van der Waals surface area contributed by atoms with E-state index in [-0.39, 0.29) is 0 Å². The molecule has 0 aliphatic rings. The predicted octanol–water partition coefficient (Wildman–Crippen LogP) is 0.0336. The van der Waals surface area contributed by atoms with Gasteiger partial charge >= 0.3 is 0 Å². The van der Waals surface area contributed by atoms with Crippen LogP contribution in [0.5, 0.6) is 0 Å². The van der Waals surface area contributed by atoms with Crippen LogP contribution in [0.15, 0.2) is 0 Å². The molecule has 5 heavy (non-hydrogen) atoms. The number of nitriles is 1. The highest BCUT2D eigenvalue weighted by Gasteiger charge is 1.81. The van der Waals surface area contributed by atoms with E-state index < -0.39 is 5.50 Å². The van der Waals surface area contributed by atoms with E-state index in [1.54, 1.807) is 6.07 Å². The standard InChI is InChI=1S/C2H3ClN2/c3-2(5)1-4/h2H,5H2.